The predicted molar refractivity (Wildman–Crippen MR) is 66.7 cm³/mol. The summed E-state index contributed by atoms with van der Waals surface area (Å²) in [4.78, 5) is 11.0. The molecule has 84 valence electrons. The Morgan fingerprint density at radius 2 is 2.06 bits per heavy atom. The first-order valence-electron chi connectivity index (χ1n) is 4.99. The molecule has 0 fully saturated rings. The van der Waals surface area contributed by atoms with Gasteiger partial charge in [-0.3, -0.25) is 4.79 Å². The molecule has 1 heterocycles. The first-order chi connectivity index (χ1) is 7.54. The normalized spacial score (nSPS) is 12.9. The Hall–Kier alpha value is -1.29. The largest absolute Gasteiger partial charge is 0.481 e. The highest BCUT2D eigenvalue weighted by atomic mass is 79.9. The molecule has 2 aromatic rings. The quantitative estimate of drug-likeness (QED) is 0.919. The Kier molecular flexibility index (Phi) is 2.76. The van der Waals surface area contributed by atoms with E-state index in [1.54, 1.807) is 6.92 Å². The molecule has 1 aromatic heterocycles. The van der Waals surface area contributed by atoms with Gasteiger partial charge in [-0.05, 0) is 28.9 Å². The highest BCUT2D eigenvalue weighted by Gasteiger charge is 2.22. The molecule has 0 amide bonds. The van der Waals surface area contributed by atoms with Crippen LogP contribution in [0.1, 0.15) is 18.5 Å². The second-order valence-corrected chi connectivity index (χ2v) is 4.63. The van der Waals surface area contributed by atoms with Crippen LogP contribution in [0.5, 0.6) is 0 Å². The maximum atomic E-state index is 11.0. The van der Waals surface area contributed by atoms with Crippen LogP contribution in [-0.4, -0.2) is 15.6 Å². The fraction of sp³-hybridized carbons (Fsp3) is 0.250. The number of carboxylic acids is 1. The third-order valence-electron chi connectivity index (χ3n) is 2.87. The average Bonchev–Trinajstić information content (AvgIpc) is 2.52. The molecule has 1 atom stereocenters. The van der Waals surface area contributed by atoms with Crippen molar-refractivity contribution in [1.82, 2.24) is 4.57 Å². The summed E-state index contributed by atoms with van der Waals surface area (Å²) in [6, 6.07) is 7.86. The van der Waals surface area contributed by atoms with Crippen LogP contribution < -0.4 is 0 Å². The molecule has 0 spiro atoms. The second kappa shape index (κ2) is 3.94. The second-order valence-electron chi connectivity index (χ2n) is 3.84. The highest BCUT2D eigenvalue weighted by molar-refractivity contribution is 9.10. The van der Waals surface area contributed by atoms with E-state index in [2.05, 4.69) is 15.9 Å². The Morgan fingerprint density at radius 3 is 2.62 bits per heavy atom. The van der Waals surface area contributed by atoms with Gasteiger partial charge in [-0.1, -0.05) is 18.2 Å². The molecule has 0 bridgehead atoms. The van der Waals surface area contributed by atoms with E-state index in [-0.39, 0.29) is 0 Å². The number of carboxylic acid groups (broad SMARTS) is 1. The summed E-state index contributed by atoms with van der Waals surface area (Å²) in [5.74, 6) is -1.33. The number of para-hydroxylation sites is 1. The van der Waals surface area contributed by atoms with Gasteiger partial charge in [-0.25, -0.2) is 0 Å². The first kappa shape index (κ1) is 11.2. The van der Waals surface area contributed by atoms with Crippen molar-refractivity contribution in [3.05, 3.63) is 34.4 Å². The summed E-state index contributed by atoms with van der Waals surface area (Å²) in [7, 11) is 1.89. The van der Waals surface area contributed by atoms with Gasteiger partial charge >= 0.3 is 5.97 Å². The van der Waals surface area contributed by atoms with Crippen molar-refractivity contribution >= 4 is 32.8 Å². The summed E-state index contributed by atoms with van der Waals surface area (Å²) >= 11 is 3.49. The zero-order chi connectivity index (χ0) is 11.9. The van der Waals surface area contributed by atoms with E-state index in [0.717, 1.165) is 21.1 Å². The van der Waals surface area contributed by atoms with Crippen LogP contribution in [0.25, 0.3) is 10.9 Å². The molecular formula is C12H12BrNO2. The molecule has 0 aliphatic carbocycles. The number of aliphatic carboxylic acids is 1. The molecule has 0 radical (unpaired) electrons. The first-order valence-corrected chi connectivity index (χ1v) is 5.79. The Labute approximate surface area is 102 Å². The van der Waals surface area contributed by atoms with Crippen LogP contribution in [-0.2, 0) is 11.8 Å². The Bertz CT molecular complexity index is 520. The number of hydrogen-bond acceptors (Lipinski definition) is 1. The zero-order valence-corrected chi connectivity index (χ0v) is 10.7. The number of halogens is 1. The smallest absolute Gasteiger partial charge is 0.312 e. The van der Waals surface area contributed by atoms with Crippen molar-refractivity contribution in [2.24, 2.45) is 7.05 Å². The van der Waals surface area contributed by atoms with Crippen molar-refractivity contribution < 1.29 is 9.90 Å². The molecule has 0 aliphatic rings. The van der Waals surface area contributed by atoms with E-state index in [9.17, 15) is 4.79 Å². The van der Waals surface area contributed by atoms with E-state index < -0.39 is 11.9 Å². The minimum absolute atomic E-state index is 0.522. The van der Waals surface area contributed by atoms with Crippen LogP contribution in [0.15, 0.2) is 28.7 Å². The molecule has 1 unspecified atom stereocenters. The van der Waals surface area contributed by atoms with Gasteiger partial charge in [0.1, 0.15) is 0 Å². The molecule has 2 rings (SSSR count). The van der Waals surface area contributed by atoms with Crippen LogP contribution in [0.3, 0.4) is 0 Å². The molecule has 0 aliphatic heterocycles. The summed E-state index contributed by atoms with van der Waals surface area (Å²) < 4.78 is 2.80. The van der Waals surface area contributed by atoms with Crippen molar-refractivity contribution in [3.8, 4) is 0 Å². The van der Waals surface area contributed by atoms with Gasteiger partial charge in [0.2, 0.25) is 0 Å². The lowest BCUT2D eigenvalue weighted by Gasteiger charge is -2.09. The predicted octanol–water partition coefficient (Wildman–Crippen LogP) is 3.13. The molecule has 4 heteroatoms. The van der Waals surface area contributed by atoms with Crippen molar-refractivity contribution in [1.29, 1.82) is 0 Å². The molecular weight excluding hydrogens is 270 g/mol. The number of carbonyl (C=O) groups is 1. The van der Waals surface area contributed by atoms with Crippen LogP contribution in [0.2, 0.25) is 0 Å². The average molecular weight is 282 g/mol. The van der Waals surface area contributed by atoms with Crippen molar-refractivity contribution in [3.63, 3.8) is 0 Å². The lowest BCUT2D eigenvalue weighted by Crippen LogP contribution is -2.11. The monoisotopic (exact) mass is 281 g/mol. The number of rotatable bonds is 2. The fourth-order valence-electron chi connectivity index (χ4n) is 1.96. The summed E-state index contributed by atoms with van der Waals surface area (Å²) in [6.45, 7) is 1.70. The highest BCUT2D eigenvalue weighted by Crippen LogP contribution is 2.34. The minimum atomic E-state index is -0.813. The topological polar surface area (TPSA) is 42.2 Å². The number of aromatic nitrogens is 1. The molecule has 1 N–H and O–H groups in total. The zero-order valence-electron chi connectivity index (χ0n) is 9.07. The van der Waals surface area contributed by atoms with Gasteiger partial charge < -0.3 is 9.67 Å². The van der Waals surface area contributed by atoms with E-state index in [1.165, 1.54) is 0 Å². The standard InChI is InChI=1S/C12H12BrNO2/c1-7(12(15)16)11-10(13)8-5-3-4-6-9(8)14(11)2/h3-7H,1-2H3,(H,15,16). The van der Waals surface area contributed by atoms with E-state index >= 15 is 0 Å². The number of fused-ring (bicyclic) bond motifs is 1. The van der Waals surface area contributed by atoms with E-state index in [1.807, 2.05) is 35.9 Å². The lowest BCUT2D eigenvalue weighted by molar-refractivity contribution is -0.138. The van der Waals surface area contributed by atoms with Gasteiger partial charge in [-0.2, -0.15) is 0 Å². The maximum absolute atomic E-state index is 11.0. The molecule has 3 nitrogen and oxygen atoms in total. The van der Waals surface area contributed by atoms with E-state index in [4.69, 9.17) is 5.11 Å². The number of aryl methyl sites for hydroxylation is 1. The van der Waals surface area contributed by atoms with Crippen molar-refractivity contribution in [2.45, 2.75) is 12.8 Å². The molecule has 0 saturated carbocycles. The summed E-state index contributed by atoms with van der Waals surface area (Å²) in [5, 5.41) is 10.1. The third kappa shape index (κ3) is 1.53. The molecule has 1 aromatic carbocycles. The number of benzene rings is 1. The Morgan fingerprint density at radius 1 is 1.44 bits per heavy atom. The SMILES string of the molecule is CC(C(=O)O)c1c(Br)c2ccccc2n1C. The number of nitrogens with zero attached hydrogens (tertiary/aromatic N) is 1. The summed E-state index contributed by atoms with van der Waals surface area (Å²) in [5.41, 5.74) is 1.84. The minimum Gasteiger partial charge on any atom is -0.481 e. The van der Waals surface area contributed by atoms with Gasteiger partial charge in [0.25, 0.3) is 0 Å². The third-order valence-corrected chi connectivity index (χ3v) is 3.70. The van der Waals surface area contributed by atoms with Gasteiger partial charge in [0.05, 0.1) is 5.92 Å². The lowest BCUT2D eigenvalue weighted by atomic mass is 10.1. The van der Waals surface area contributed by atoms with Crippen LogP contribution >= 0.6 is 15.9 Å². The van der Waals surface area contributed by atoms with Gasteiger partial charge in [-0.15, -0.1) is 0 Å². The van der Waals surface area contributed by atoms with E-state index in [0.29, 0.717) is 0 Å². The summed E-state index contributed by atoms with van der Waals surface area (Å²) in [6.07, 6.45) is 0. The molecule has 0 saturated heterocycles. The Balaban J connectivity index is 2.75. The van der Waals surface area contributed by atoms with Crippen LogP contribution in [0.4, 0.5) is 0 Å². The molecule has 16 heavy (non-hydrogen) atoms. The van der Waals surface area contributed by atoms with Gasteiger partial charge in [0.15, 0.2) is 0 Å². The van der Waals surface area contributed by atoms with Crippen LogP contribution in [0, 0.1) is 0 Å². The van der Waals surface area contributed by atoms with Crippen molar-refractivity contribution in [2.75, 3.05) is 0 Å². The number of hydrogen-bond donors (Lipinski definition) is 1. The fourth-order valence-corrected chi connectivity index (χ4v) is 2.91. The van der Waals surface area contributed by atoms with Gasteiger partial charge in [0, 0.05) is 28.1 Å². The maximum Gasteiger partial charge on any atom is 0.312 e.